The third-order valence-electron chi connectivity index (χ3n) is 5.06. The highest BCUT2D eigenvalue weighted by Gasteiger charge is 2.47. The summed E-state index contributed by atoms with van der Waals surface area (Å²) in [5.74, 6) is 4.70. The molecule has 2 amide bonds. The van der Waals surface area contributed by atoms with Gasteiger partial charge in [-0.25, -0.2) is 15.0 Å². The quantitative estimate of drug-likeness (QED) is 0.299. The summed E-state index contributed by atoms with van der Waals surface area (Å²) in [6.45, 7) is 2.07. The van der Waals surface area contributed by atoms with Crippen LogP contribution in [0.3, 0.4) is 0 Å². The van der Waals surface area contributed by atoms with Gasteiger partial charge >= 0.3 is 0 Å². The number of nitrogens with two attached hydrogens (primary N) is 2. The van der Waals surface area contributed by atoms with Crippen molar-refractivity contribution in [3.8, 4) is 11.8 Å². The van der Waals surface area contributed by atoms with E-state index >= 15 is 0 Å². The van der Waals surface area contributed by atoms with Gasteiger partial charge in [-0.1, -0.05) is 5.92 Å². The summed E-state index contributed by atoms with van der Waals surface area (Å²) < 4.78 is 7.00. The molecular weight excluding hydrogens is 430 g/mol. The Morgan fingerprint density at radius 1 is 1.18 bits per heavy atom. The second-order valence-corrected chi connectivity index (χ2v) is 7.27. The Balaban J connectivity index is 1.66. The van der Waals surface area contributed by atoms with Gasteiger partial charge in [0.1, 0.15) is 17.7 Å². The first kappa shape index (κ1) is 22.2. The van der Waals surface area contributed by atoms with Crippen LogP contribution in [-0.4, -0.2) is 66.4 Å². The van der Waals surface area contributed by atoms with Crippen molar-refractivity contribution in [1.29, 1.82) is 0 Å². The summed E-state index contributed by atoms with van der Waals surface area (Å²) in [6.07, 6.45) is -3.92. The maximum Gasteiger partial charge on any atom is 0.252 e. The Kier molecular flexibility index (Phi) is 5.93. The number of primary amides is 1. The summed E-state index contributed by atoms with van der Waals surface area (Å²) in [4.78, 5) is 36.0. The van der Waals surface area contributed by atoms with Gasteiger partial charge in [-0.15, -0.1) is 0 Å². The van der Waals surface area contributed by atoms with Crippen LogP contribution >= 0.6 is 0 Å². The van der Waals surface area contributed by atoms with Gasteiger partial charge in [0, 0.05) is 17.7 Å². The third-order valence-corrected chi connectivity index (χ3v) is 5.06. The summed E-state index contributed by atoms with van der Waals surface area (Å²) in [6, 6.07) is 6.36. The monoisotopic (exact) mass is 451 g/mol. The second-order valence-electron chi connectivity index (χ2n) is 7.27. The highest BCUT2D eigenvalue weighted by atomic mass is 16.6. The van der Waals surface area contributed by atoms with Gasteiger partial charge < -0.3 is 31.7 Å². The van der Waals surface area contributed by atoms with E-state index in [4.69, 9.17) is 16.2 Å². The lowest BCUT2D eigenvalue weighted by Crippen LogP contribution is -2.42. The molecule has 1 saturated heterocycles. The van der Waals surface area contributed by atoms with Crippen molar-refractivity contribution in [2.24, 2.45) is 5.73 Å². The van der Waals surface area contributed by atoms with Crippen LogP contribution in [0.4, 0.5) is 5.82 Å². The van der Waals surface area contributed by atoms with Crippen LogP contribution in [-0.2, 0) is 9.53 Å². The third kappa shape index (κ3) is 4.20. The predicted octanol–water partition coefficient (Wildman–Crippen LogP) is -1.34. The molecular formula is C21H21N7O5. The molecule has 1 fully saturated rings. The number of nitrogen functional groups attached to an aromatic ring is 1. The van der Waals surface area contributed by atoms with E-state index in [-0.39, 0.29) is 22.8 Å². The van der Waals surface area contributed by atoms with Gasteiger partial charge in [0.15, 0.2) is 23.8 Å². The molecule has 4 rings (SSSR count). The molecule has 0 bridgehead atoms. The minimum absolute atomic E-state index is 0.0560. The number of rotatable bonds is 4. The molecule has 33 heavy (non-hydrogen) atoms. The predicted molar refractivity (Wildman–Crippen MR) is 115 cm³/mol. The number of amides is 2. The number of benzene rings is 1. The van der Waals surface area contributed by atoms with Crippen LogP contribution in [0, 0.1) is 11.8 Å². The molecule has 7 N–H and O–H groups in total. The summed E-state index contributed by atoms with van der Waals surface area (Å²) >= 11 is 0. The van der Waals surface area contributed by atoms with E-state index in [0.29, 0.717) is 17.7 Å². The van der Waals surface area contributed by atoms with Crippen LogP contribution in [0.5, 0.6) is 0 Å². The van der Waals surface area contributed by atoms with Crippen molar-refractivity contribution < 1.29 is 24.5 Å². The fourth-order valence-corrected chi connectivity index (χ4v) is 3.41. The maximum atomic E-state index is 12.1. The van der Waals surface area contributed by atoms with E-state index in [2.05, 4.69) is 32.1 Å². The average Bonchev–Trinajstić information content (AvgIpc) is 3.34. The van der Waals surface area contributed by atoms with E-state index in [1.165, 1.54) is 10.9 Å². The molecule has 12 nitrogen and oxygen atoms in total. The van der Waals surface area contributed by atoms with Crippen LogP contribution in [0.2, 0.25) is 0 Å². The topological polar surface area (TPSA) is 192 Å². The number of likely N-dealkylation sites (N-methyl/N-ethyl adjacent to an activating group) is 1. The van der Waals surface area contributed by atoms with Crippen LogP contribution < -0.4 is 16.8 Å². The van der Waals surface area contributed by atoms with Crippen LogP contribution in [0.15, 0.2) is 30.6 Å². The van der Waals surface area contributed by atoms with E-state index in [0.717, 1.165) is 0 Å². The number of fused-ring (bicyclic) bond motifs is 1. The van der Waals surface area contributed by atoms with Crippen molar-refractivity contribution in [2.45, 2.75) is 31.5 Å². The van der Waals surface area contributed by atoms with E-state index in [1.54, 1.807) is 31.2 Å². The number of ether oxygens (including phenoxy) is 1. The molecule has 1 aromatic carbocycles. The molecule has 4 atom stereocenters. The highest BCUT2D eigenvalue weighted by Crippen LogP contribution is 2.32. The minimum atomic E-state index is -1.44. The average molecular weight is 451 g/mol. The van der Waals surface area contributed by atoms with Crippen molar-refractivity contribution in [1.82, 2.24) is 24.8 Å². The van der Waals surface area contributed by atoms with Crippen LogP contribution in [0.25, 0.3) is 11.2 Å². The fraction of sp³-hybridized carbons (Fsp3) is 0.286. The highest BCUT2D eigenvalue weighted by molar-refractivity contribution is 5.92. The van der Waals surface area contributed by atoms with Gasteiger partial charge in [-0.3, -0.25) is 14.2 Å². The Morgan fingerprint density at radius 3 is 2.58 bits per heavy atom. The fourth-order valence-electron chi connectivity index (χ4n) is 3.41. The molecule has 1 aliphatic heterocycles. The Hall–Kier alpha value is -4.05. The van der Waals surface area contributed by atoms with E-state index in [1.807, 2.05) is 0 Å². The van der Waals surface area contributed by atoms with Gasteiger partial charge in [0.2, 0.25) is 11.7 Å². The molecule has 3 aromatic rings. The Bertz CT molecular complexity index is 1280. The molecule has 0 saturated carbocycles. The number of aliphatic hydroxyl groups is 2. The first-order chi connectivity index (χ1) is 15.8. The number of aliphatic hydroxyl groups excluding tert-OH is 2. The number of hydrogen-bond acceptors (Lipinski definition) is 9. The summed E-state index contributed by atoms with van der Waals surface area (Å²) in [5.41, 5.74) is 12.6. The number of anilines is 1. The number of aromatic nitrogens is 4. The number of imidazole rings is 1. The van der Waals surface area contributed by atoms with Crippen LogP contribution in [0.1, 0.15) is 34.9 Å². The number of hydrogen-bond donors (Lipinski definition) is 5. The van der Waals surface area contributed by atoms with E-state index in [9.17, 15) is 19.8 Å². The lowest BCUT2D eigenvalue weighted by atomic mass is 10.1. The summed E-state index contributed by atoms with van der Waals surface area (Å²) in [5, 5.41) is 23.3. The molecule has 0 radical (unpaired) electrons. The van der Waals surface area contributed by atoms with Gasteiger partial charge in [0.25, 0.3) is 5.91 Å². The lowest BCUT2D eigenvalue weighted by Gasteiger charge is -2.16. The zero-order valence-electron chi connectivity index (χ0n) is 17.5. The second kappa shape index (κ2) is 8.83. The maximum absolute atomic E-state index is 12.1. The first-order valence-electron chi connectivity index (χ1n) is 10.0. The molecule has 0 spiro atoms. The van der Waals surface area contributed by atoms with Crippen molar-refractivity contribution in [3.05, 3.63) is 47.5 Å². The molecule has 170 valence electrons. The van der Waals surface area contributed by atoms with Gasteiger partial charge in [0.05, 0.1) is 6.33 Å². The summed E-state index contributed by atoms with van der Waals surface area (Å²) in [7, 11) is 0. The smallest absolute Gasteiger partial charge is 0.252 e. The van der Waals surface area contributed by atoms with Crippen molar-refractivity contribution >= 4 is 28.8 Å². The number of nitrogens with one attached hydrogen (secondary N) is 1. The van der Waals surface area contributed by atoms with E-state index < -0.39 is 36.4 Å². The molecule has 12 heteroatoms. The largest absolute Gasteiger partial charge is 0.387 e. The van der Waals surface area contributed by atoms with Crippen molar-refractivity contribution in [3.63, 3.8) is 0 Å². The van der Waals surface area contributed by atoms with Gasteiger partial charge in [-0.2, -0.15) is 0 Å². The molecule has 3 heterocycles. The molecule has 0 aliphatic carbocycles. The lowest BCUT2D eigenvalue weighted by molar-refractivity contribution is -0.137. The standard InChI is InChI=1S/C21H21N7O5/c1-2-24-20(32)16-14(29)15(30)21(33-16)28-9-25-13-17(22)26-12(27-19(13)28)8-5-10-3-6-11(7-4-10)18(23)31/h3-4,6-7,9,14-16,21,29-30H,2H2,1H3,(H2,23,31)(H,24,32)(H2,22,26,27)/t14-,15+,16-,21?/m0/s1. The van der Waals surface area contributed by atoms with Crippen molar-refractivity contribution in [2.75, 3.05) is 12.3 Å². The molecule has 2 aromatic heterocycles. The van der Waals surface area contributed by atoms with Gasteiger partial charge in [-0.05, 0) is 37.1 Å². The number of nitrogens with zero attached hydrogens (tertiary/aromatic N) is 4. The molecule has 1 aliphatic rings. The zero-order valence-corrected chi connectivity index (χ0v) is 17.5. The number of carbonyl (C=O) groups is 2. The molecule has 1 unspecified atom stereocenters. The SMILES string of the molecule is CCNC(=O)[C@H]1OC(n2cnc3c(N)nc(C#Cc4ccc(C(N)=O)cc4)nc32)[C@H](O)[C@@H]1O. The minimum Gasteiger partial charge on any atom is -0.387 e. The number of carbonyl (C=O) groups excluding carboxylic acids is 2. The first-order valence-corrected chi connectivity index (χ1v) is 10.0. The Morgan fingerprint density at radius 2 is 1.91 bits per heavy atom. The Labute approximate surface area is 187 Å². The zero-order chi connectivity index (χ0) is 23.7. The normalized spacial score (nSPS) is 22.0.